The zero-order valence-electron chi connectivity index (χ0n) is 12.1. The van der Waals surface area contributed by atoms with Crippen LogP contribution in [0.1, 0.15) is 29.9 Å². The highest BCUT2D eigenvalue weighted by atomic mass is 79.9. The van der Waals surface area contributed by atoms with E-state index < -0.39 is 0 Å². The normalized spacial score (nSPS) is 11.1. The smallest absolute Gasteiger partial charge is 0.124 e. The van der Waals surface area contributed by atoms with Crippen LogP contribution in [0.15, 0.2) is 34.1 Å². The van der Waals surface area contributed by atoms with Crippen molar-refractivity contribution in [2.45, 2.75) is 40.0 Å². The van der Waals surface area contributed by atoms with Crippen LogP contribution in [0.25, 0.3) is 0 Å². The van der Waals surface area contributed by atoms with Gasteiger partial charge >= 0.3 is 0 Å². The van der Waals surface area contributed by atoms with E-state index in [0.717, 1.165) is 16.8 Å². The number of ether oxygens (including phenoxy) is 1. The fourth-order valence-electron chi connectivity index (χ4n) is 1.88. The molecular formula is C16H20BrNOS. The second-order valence-electron chi connectivity index (χ2n) is 5.17. The van der Waals surface area contributed by atoms with Crippen molar-refractivity contribution in [3.63, 3.8) is 0 Å². The van der Waals surface area contributed by atoms with Crippen molar-refractivity contribution in [2.24, 2.45) is 0 Å². The summed E-state index contributed by atoms with van der Waals surface area (Å²) in [7, 11) is 0. The lowest BCUT2D eigenvalue weighted by molar-refractivity contribution is 0.305. The van der Waals surface area contributed by atoms with Crippen molar-refractivity contribution in [1.29, 1.82) is 0 Å². The van der Waals surface area contributed by atoms with Crippen LogP contribution in [-0.4, -0.2) is 6.04 Å². The molecule has 0 bridgehead atoms. The van der Waals surface area contributed by atoms with E-state index >= 15 is 0 Å². The highest BCUT2D eigenvalue weighted by molar-refractivity contribution is 9.10. The van der Waals surface area contributed by atoms with Gasteiger partial charge in [-0.3, -0.25) is 0 Å². The van der Waals surface area contributed by atoms with Crippen LogP contribution in [-0.2, 0) is 13.2 Å². The highest BCUT2D eigenvalue weighted by Gasteiger charge is 2.06. The second kappa shape index (κ2) is 7.25. The van der Waals surface area contributed by atoms with Crippen LogP contribution in [0.5, 0.6) is 5.75 Å². The van der Waals surface area contributed by atoms with Gasteiger partial charge in [0.15, 0.2) is 0 Å². The number of hydrogen-bond acceptors (Lipinski definition) is 3. The number of hydrogen-bond donors (Lipinski definition) is 1. The van der Waals surface area contributed by atoms with Crippen LogP contribution in [0.4, 0.5) is 0 Å². The summed E-state index contributed by atoms with van der Waals surface area (Å²) < 4.78 is 7.09. The lowest BCUT2D eigenvalue weighted by Gasteiger charge is -2.14. The third-order valence-electron chi connectivity index (χ3n) is 2.91. The number of aryl methyl sites for hydroxylation is 1. The van der Waals surface area contributed by atoms with E-state index in [9.17, 15) is 0 Å². The molecule has 1 aromatic heterocycles. The van der Waals surface area contributed by atoms with E-state index in [1.165, 1.54) is 16.0 Å². The molecule has 1 heterocycles. The fraction of sp³-hybridized carbons (Fsp3) is 0.375. The molecule has 0 aliphatic carbocycles. The van der Waals surface area contributed by atoms with E-state index in [2.05, 4.69) is 71.7 Å². The lowest BCUT2D eigenvalue weighted by atomic mass is 10.1. The number of nitrogens with one attached hydrogen (secondary N) is 1. The lowest BCUT2D eigenvalue weighted by Crippen LogP contribution is -2.22. The summed E-state index contributed by atoms with van der Waals surface area (Å²) >= 11 is 5.18. The average molecular weight is 354 g/mol. The maximum Gasteiger partial charge on any atom is 0.124 e. The molecule has 0 fully saturated rings. The zero-order valence-corrected chi connectivity index (χ0v) is 14.5. The maximum absolute atomic E-state index is 5.97. The number of halogens is 1. The van der Waals surface area contributed by atoms with Gasteiger partial charge in [-0.05, 0) is 35.0 Å². The molecule has 2 aromatic rings. The van der Waals surface area contributed by atoms with Crippen molar-refractivity contribution in [3.8, 4) is 5.75 Å². The quantitative estimate of drug-likeness (QED) is 0.797. The Balaban J connectivity index is 2.05. The Morgan fingerprint density at radius 1 is 1.30 bits per heavy atom. The third-order valence-corrected chi connectivity index (χ3v) is 4.58. The molecule has 0 atom stereocenters. The van der Waals surface area contributed by atoms with Crippen molar-refractivity contribution in [1.82, 2.24) is 5.32 Å². The summed E-state index contributed by atoms with van der Waals surface area (Å²) in [6.45, 7) is 7.87. The Morgan fingerprint density at radius 3 is 2.75 bits per heavy atom. The molecule has 1 N–H and O–H groups in total. The maximum atomic E-state index is 5.97. The Morgan fingerprint density at radius 2 is 2.10 bits per heavy atom. The second-order valence-corrected chi connectivity index (χ2v) is 7.08. The molecule has 2 nitrogen and oxygen atoms in total. The topological polar surface area (TPSA) is 21.3 Å². The summed E-state index contributed by atoms with van der Waals surface area (Å²) in [4.78, 5) is 1.22. The van der Waals surface area contributed by atoms with Gasteiger partial charge in [0, 0.05) is 32.9 Å². The molecule has 20 heavy (non-hydrogen) atoms. The van der Waals surface area contributed by atoms with Crippen molar-refractivity contribution < 1.29 is 4.74 Å². The molecule has 108 valence electrons. The van der Waals surface area contributed by atoms with Crippen molar-refractivity contribution in [2.75, 3.05) is 0 Å². The van der Waals surface area contributed by atoms with Gasteiger partial charge in [-0.25, -0.2) is 0 Å². The van der Waals surface area contributed by atoms with Gasteiger partial charge in [0.1, 0.15) is 12.4 Å². The standard InChI is InChI=1S/C16H20BrNOS/c1-11(2)18-8-13-6-12(3)4-5-16(13)19-9-15-7-14(17)10-20-15/h4-7,10-11,18H,8-9H2,1-3H3. The molecule has 0 aliphatic heterocycles. The van der Waals surface area contributed by atoms with Crippen LogP contribution in [0.2, 0.25) is 0 Å². The van der Waals surface area contributed by atoms with Crippen LogP contribution < -0.4 is 10.1 Å². The summed E-state index contributed by atoms with van der Waals surface area (Å²) in [6.07, 6.45) is 0. The van der Waals surface area contributed by atoms with Gasteiger partial charge in [0.05, 0.1) is 0 Å². The van der Waals surface area contributed by atoms with Crippen molar-refractivity contribution in [3.05, 3.63) is 50.1 Å². The minimum atomic E-state index is 0.469. The predicted octanol–water partition coefficient (Wildman–Crippen LogP) is 4.90. The van der Waals surface area contributed by atoms with Gasteiger partial charge in [-0.1, -0.05) is 31.5 Å². The molecule has 0 aliphatic rings. The Hall–Kier alpha value is -0.840. The molecular weight excluding hydrogens is 334 g/mol. The molecule has 0 saturated heterocycles. The van der Waals surface area contributed by atoms with E-state index in [4.69, 9.17) is 4.74 Å². The predicted molar refractivity (Wildman–Crippen MR) is 89.5 cm³/mol. The number of rotatable bonds is 6. The first-order valence-corrected chi connectivity index (χ1v) is 8.40. The molecule has 0 radical (unpaired) electrons. The number of benzene rings is 1. The molecule has 0 amide bonds. The van der Waals surface area contributed by atoms with E-state index in [1.807, 2.05) is 0 Å². The summed E-state index contributed by atoms with van der Waals surface area (Å²) in [5.74, 6) is 0.966. The monoisotopic (exact) mass is 353 g/mol. The largest absolute Gasteiger partial charge is 0.488 e. The summed E-state index contributed by atoms with van der Waals surface area (Å²) in [5, 5.41) is 5.53. The van der Waals surface area contributed by atoms with Gasteiger partial charge in [-0.2, -0.15) is 0 Å². The first-order valence-electron chi connectivity index (χ1n) is 6.73. The first-order chi connectivity index (χ1) is 9.54. The molecule has 0 saturated carbocycles. The first kappa shape index (κ1) is 15.5. The molecule has 2 rings (SSSR count). The minimum absolute atomic E-state index is 0.469. The van der Waals surface area contributed by atoms with Crippen LogP contribution in [0, 0.1) is 6.92 Å². The van der Waals surface area contributed by atoms with Gasteiger partial charge in [0.2, 0.25) is 0 Å². The third kappa shape index (κ3) is 4.62. The Bertz CT molecular complexity index is 565. The van der Waals surface area contributed by atoms with E-state index in [0.29, 0.717) is 12.6 Å². The van der Waals surface area contributed by atoms with Crippen molar-refractivity contribution >= 4 is 27.3 Å². The molecule has 0 spiro atoms. The average Bonchev–Trinajstić information content (AvgIpc) is 2.81. The van der Waals surface area contributed by atoms with E-state index in [1.54, 1.807) is 11.3 Å². The molecule has 4 heteroatoms. The molecule has 1 aromatic carbocycles. The highest BCUT2D eigenvalue weighted by Crippen LogP contribution is 2.24. The molecule has 0 unspecified atom stereocenters. The fourth-order valence-corrected chi connectivity index (χ4v) is 3.24. The van der Waals surface area contributed by atoms with E-state index in [-0.39, 0.29) is 0 Å². The Kier molecular flexibility index (Phi) is 5.64. The summed E-state index contributed by atoms with van der Waals surface area (Å²) in [5.41, 5.74) is 2.48. The summed E-state index contributed by atoms with van der Waals surface area (Å²) in [6, 6.07) is 8.92. The van der Waals surface area contributed by atoms with Gasteiger partial charge in [-0.15, -0.1) is 11.3 Å². The van der Waals surface area contributed by atoms with Gasteiger partial charge < -0.3 is 10.1 Å². The zero-order chi connectivity index (χ0) is 14.5. The minimum Gasteiger partial charge on any atom is -0.488 e. The number of thiophene rings is 1. The Labute approximate surface area is 133 Å². The SMILES string of the molecule is Cc1ccc(OCc2cc(Br)cs2)c(CNC(C)C)c1. The van der Waals surface area contributed by atoms with Crippen LogP contribution >= 0.6 is 27.3 Å². The van der Waals surface area contributed by atoms with Crippen LogP contribution in [0.3, 0.4) is 0 Å². The van der Waals surface area contributed by atoms with Gasteiger partial charge in [0.25, 0.3) is 0 Å².